The van der Waals surface area contributed by atoms with Gasteiger partial charge < -0.3 is 9.15 Å². The first-order valence-corrected chi connectivity index (χ1v) is 9.17. The summed E-state index contributed by atoms with van der Waals surface area (Å²) in [5.41, 5.74) is 2.89. The van der Waals surface area contributed by atoms with Gasteiger partial charge in [-0.1, -0.05) is 24.3 Å². The highest BCUT2D eigenvalue weighted by atomic mass is 32.1. The minimum Gasteiger partial charge on any atom is -0.459 e. The molecule has 6 nitrogen and oxygen atoms in total. The van der Waals surface area contributed by atoms with Crippen LogP contribution in [-0.4, -0.2) is 20.9 Å². The summed E-state index contributed by atoms with van der Waals surface area (Å²) in [6.45, 7) is 0.0619. The van der Waals surface area contributed by atoms with E-state index < -0.39 is 0 Å². The zero-order valence-corrected chi connectivity index (χ0v) is 15.1. The molecule has 0 saturated carbocycles. The number of aromatic nitrogens is 3. The Hall–Kier alpha value is -3.32. The van der Waals surface area contributed by atoms with E-state index in [4.69, 9.17) is 9.15 Å². The lowest BCUT2D eigenvalue weighted by Gasteiger charge is -2.00. The van der Waals surface area contributed by atoms with Crippen LogP contribution in [-0.2, 0) is 22.6 Å². The van der Waals surface area contributed by atoms with Gasteiger partial charge in [-0.3, -0.25) is 9.78 Å². The van der Waals surface area contributed by atoms with Gasteiger partial charge in [-0.05, 0) is 24.3 Å². The molecule has 0 amide bonds. The van der Waals surface area contributed by atoms with Crippen LogP contribution in [0.4, 0.5) is 0 Å². The molecule has 4 rings (SSSR count). The second-order valence-electron chi connectivity index (χ2n) is 5.71. The normalized spacial score (nSPS) is 10.7. The summed E-state index contributed by atoms with van der Waals surface area (Å²) in [6.07, 6.45) is 3.32. The minimum atomic E-state index is -0.364. The van der Waals surface area contributed by atoms with Gasteiger partial charge in [0.2, 0.25) is 5.89 Å². The van der Waals surface area contributed by atoms with Crippen molar-refractivity contribution in [2.24, 2.45) is 0 Å². The van der Waals surface area contributed by atoms with E-state index in [1.807, 2.05) is 53.9 Å². The molecule has 4 aromatic rings. The first kappa shape index (κ1) is 17.1. The highest BCUT2D eigenvalue weighted by molar-refractivity contribution is 7.13. The molecule has 0 unspecified atom stereocenters. The van der Waals surface area contributed by atoms with Crippen LogP contribution in [0, 0.1) is 0 Å². The van der Waals surface area contributed by atoms with E-state index in [1.165, 1.54) is 17.6 Å². The number of rotatable bonds is 6. The van der Waals surface area contributed by atoms with E-state index >= 15 is 0 Å². The van der Waals surface area contributed by atoms with Crippen molar-refractivity contribution in [2.45, 2.75) is 13.0 Å². The van der Waals surface area contributed by atoms with Crippen LogP contribution in [0.1, 0.15) is 11.4 Å². The van der Waals surface area contributed by atoms with E-state index in [-0.39, 0.29) is 19.0 Å². The topological polar surface area (TPSA) is 78.1 Å². The lowest BCUT2D eigenvalue weighted by atomic mass is 10.2. The Labute approximate surface area is 159 Å². The number of hydrogen-bond acceptors (Lipinski definition) is 7. The fourth-order valence-corrected chi connectivity index (χ4v) is 3.23. The molecule has 0 spiro atoms. The van der Waals surface area contributed by atoms with Crippen molar-refractivity contribution in [1.29, 1.82) is 0 Å². The number of carbonyl (C=O) groups is 1. The van der Waals surface area contributed by atoms with Crippen molar-refractivity contribution in [3.05, 3.63) is 77.8 Å². The molecule has 0 bridgehead atoms. The van der Waals surface area contributed by atoms with E-state index in [2.05, 4.69) is 15.0 Å². The van der Waals surface area contributed by atoms with Gasteiger partial charge in [0, 0.05) is 17.1 Å². The standard InChI is InChI=1S/C20H15N3O3S/c24-18(10-15-13-27-20(23-15)17-8-4-5-9-21-17)25-11-16-12-26-19(22-16)14-6-2-1-3-7-14/h1-9,12-13H,10-11H2. The van der Waals surface area contributed by atoms with Crippen LogP contribution in [0.25, 0.3) is 22.2 Å². The van der Waals surface area contributed by atoms with E-state index in [0.717, 1.165) is 16.3 Å². The summed E-state index contributed by atoms with van der Waals surface area (Å²) >= 11 is 1.45. The average Bonchev–Trinajstić information content (AvgIpc) is 3.37. The van der Waals surface area contributed by atoms with Crippen molar-refractivity contribution in [2.75, 3.05) is 0 Å². The molecular formula is C20H15N3O3S. The summed E-state index contributed by atoms with van der Waals surface area (Å²) < 4.78 is 10.7. The summed E-state index contributed by atoms with van der Waals surface area (Å²) in [4.78, 5) is 25.1. The maximum Gasteiger partial charge on any atom is 0.312 e. The quantitative estimate of drug-likeness (QED) is 0.470. The molecular weight excluding hydrogens is 362 g/mol. The van der Waals surface area contributed by atoms with Crippen molar-refractivity contribution < 1.29 is 13.9 Å². The van der Waals surface area contributed by atoms with Crippen LogP contribution in [0.2, 0.25) is 0 Å². The summed E-state index contributed by atoms with van der Waals surface area (Å²) in [7, 11) is 0. The molecule has 0 fully saturated rings. The van der Waals surface area contributed by atoms with Gasteiger partial charge in [-0.25, -0.2) is 9.97 Å². The molecule has 0 aliphatic carbocycles. The highest BCUT2D eigenvalue weighted by Crippen LogP contribution is 2.22. The minimum absolute atomic E-state index is 0.0619. The van der Waals surface area contributed by atoms with Crippen LogP contribution < -0.4 is 0 Å². The number of benzene rings is 1. The van der Waals surface area contributed by atoms with Crippen LogP contribution >= 0.6 is 11.3 Å². The maximum absolute atomic E-state index is 12.1. The van der Waals surface area contributed by atoms with Gasteiger partial charge in [0.05, 0.1) is 17.8 Å². The number of hydrogen-bond donors (Lipinski definition) is 0. The third-order valence-electron chi connectivity index (χ3n) is 3.71. The number of oxazole rings is 1. The van der Waals surface area contributed by atoms with Crippen molar-refractivity contribution in [1.82, 2.24) is 15.0 Å². The number of thiazole rings is 1. The molecule has 3 aromatic heterocycles. The van der Waals surface area contributed by atoms with Gasteiger partial charge in [0.15, 0.2) is 0 Å². The summed E-state index contributed by atoms with van der Waals surface area (Å²) in [6, 6.07) is 15.2. The number of pyridine rings is 1. The smallest absolute Gasteiger partial charge is 0.312 e. The van der Waals surface area contributed by atoms with Gasteiger partial charge in [0.25, 0.3) is 0 Å². The first-order valence-electron chi connectivity index (χ1n) is 8.29. The Morgan fingerprint density at radius 1 is 1.04 bits per heavy atom. The Kier molecular flexibility index (Phi) is 5.02. The Morgan fingerprint density at radius 2 is 1.89 bits per heavy atom. The van der Waals surface area contributed by atoms with Gasteiger partial charge in [-0.2, -0.15) is 0 Å². The molecule has 0 atom stereocenters. The van der Waals surface area contributed by atoms with Crippen LogP contribution in [0.5, 0.6) is 0 Å². The highest BCUT2D eigenvalue weighted by Gasteiger charge is 2.12. The fourth-order valence-electron chi connectivity index (χ4n) is 2.44. The second kappa shape index (κ2) is 7.92. The molecule has 1 aromatic carbocycles. The number of nitrogens with zero attached hydrogens (tertiary/aromatic N) is 3. The molecule has 0 aliphatic rings. The summed E-state index contributed by atoms with van der Waals surface area (Å²) in [5.74, 6) is 0.137. The molecule has 0 aliphatic heterocycles. The molecule has 0 N–H and O–H groups in total. The van der Waals surface area contributed by atoms with Gasteiger partial charge >= 0.3 is 5.97 Å². The Balaban J connectivity index is 1.33. The fraction of sp³-hybridized carbons (Fsp3) is 0.100. The van der Waals surface area contributed by atoms with Crippen molar-refractivity contribution in [3.8, 4) is 22.2 Å². The monoisotopic (exact) mass is 377 g/mol. The average molecular weight is 377 g/mol. The largest absolute Gasteiger partial charge is 0.459 e. The maximum atomic E-state index is 12.1. The van der Waals surface area contributed by atoms with Crippen LogP contribution in [0.15, 0.2) is 70.8 Å². The molecule has 0 radical (unpaired) electrons. The third-order valence-corrected chi connectivity index (χ3v) is 4.63. The number of carbonyl (C=O) groups excluding carboxylic acids is 1. The predicted octanol–water partition coefficient (Wildman–Crippen LogP) is 4.15. The predicted molar refractivity (Wildman–Crippen MR) is 101 cm³/mol. The van der Waals surface area contributed by atoms with Gasteiger partial charge in [0.1, 0.15) is 23.6 Å². The zero-order valence-electron chi connectivity index (χ0n) is 14.2. The lowest BCUT2D eigenvalue weighted by Crippen LogP contribution is -2.08. The van der Waals surface area contributed by atoms with Crippen LogP contribution in [0.3, 0.4) is 0 Å². The number of ether oxygens (including phenoxy) is 1. The van der Waals surface area contributed by atoms with E-state index in [9.17, 15) is 4.79 Å². The first-order chi connectivity index (χ1) is 13.3. The molecule has 3 heterocycles. The van der Waals surface area contributed by atoms with Crippen molar-refractivity contribution in [3.63, 3.8) is 0 Å². The molecule has 7 heteroatoms. The molecule has 27 heavy (non-hydrogen) atoms. The third kappa shape index (κ3) is 4.27. The van der Waals surface area contributed by atoms with E-state index in [0.29, 0.717) is 17.3 Å². The Morgan fingerprint density at radius 3 is 2.70 bits per heavy atom. The summed E-state index contributed by atoms with van der Waals surface area (Å²) in [5, 5.41) is 2.62. The van der Waals surface area contributed by atoms with Gasteiger partial charge in [-0.15, -0.1) is 11.3 Å². The number of esters is 1. The molecule has 0 saturated heterocycles. The van der Waals surface area contributed by atoms with Crippen molar-refractivity contribution >= 4 is 17.3 Å². The lowest BCUT2D eigenvalue weighted by molar-refractivity contribution is -0.144. The zero-order chi connectivity index (χ0) is 18.5. The second-order valence-corrected chi connectivity index (χ2v) is 6.56. The SMILES string of the molecule is O=C(Cc1csc(-c2ccccn2)n1)OCc1coc(-c2ccccc2)n1. The van der Waals surface area contributed by atoms with E-state index in [1.54, 1.807) is 6.20 Å². The Bertz CT molecular complexity index is 1030. The molecule has 134 valence electrons.